The van der Waals surface area contributed by atoms with Gasteiger partial charge in [0.05, 0.1) is 5.60 Å². The van der Waals surface area contributed by atoms with Gasteiger partial charge in [-0.05, 0) is 50.8 Å². The summed E-state index contributed by atoms with van der Waals surface area (Å²) in [5.74, 6) is 0.956. The Morgan fingerprint density at radius 2 is 2.30 bits per heavy atom. The fraction of sp³-hybridized carbons (Fsp3) is 0.647. The normalized spacial score (nSPS) is 26.4. The van der Waals surface area contributed by atoms with Crippen LogP contribution in [-0.4, -0.2) is 31.4 Å². The van der Waals surface area contributed by atoms with Gasteiger partial charge in [-0.1, -0.05) is 19.1 Å². The molecule has 0 spiro atoms. The van der Waals surface area contributed by atoms with E-state index in [2.05, 4.69) is 38.2 Å². The van der Waals surface area contributed by atoms with Crippen molar-refractivity contribution in [3.05, 3.63) is 29.8 Å². The summed E-state index contributed by atoms with van der Waals surface area (Å²) >= 11 is 0. The second kappa shape index (κ2) is 7.09. The standard InChI is InChI=1S/C17H27NO2/c1-4-17(3)13-15(8-10-20-17)18-9-11-19-16-7-5-6-14(2)12-16/h5-7,12,15,18H,4,8-11,13H2,1-3H3. The largest absolute Gasteiger partial charge is 0.492 e. The quantitative estimate of drug-likeness (QED) is 0.809. The molecule has 3 nitrogen and oxygen atoms in total. The maximum atomic E-state index is 5.86. The van der Waals surface area contributed by atoms with Gasteiger partial charge in [0.15, 0.2) is 0 Å². The van der Waals surface area contributed by atoms with Crippen molar-refractivity contribution < 1.29 is 9.47 Å². The Kier molecular flexibility index (Phi) is 5.44. The molecule has 1 heterocycles. The van der Waals surface area contributed by atoms with Crippen molar-refractivity contribution >= 4 is 0 Å². The third-order valence-electron chi connectivity index (χ3n) is 4.14. The number of hydrogen-bond acceptors (Lipinski definition) is 3. The van der Waals surface area contributed by atoms with Gasteiger partial charge < -0.3 is 14.8 Å². The molecule has 1 aromatic rings. The molecule has 2 atom stereocenters. The molecule has 1 saturated heterocycles. The molecule has 1 N–H and O–H groups in total. The highest BCUT2D eigenvalue weighted by Gasteiger charge is 2.31. The maximum absolute atomic E-state index is 5.86. The number of rotatable bonds is 6. The Hall–Kier alpha value is -1.06. The van der Waals surface area contributed by atoms with Crippen LogP contribution in [0.4, 0.5) is 0 Å². The predicted molar refractivity (Wildman–Crippen MR) is 82.3 cm³/mol. The summed E-state index contributed by atoms with van der Waals surface area (Å²) in [6, 6.07) is 8.75. The lowest BCUT2D eigenvalue weighted by molar-refractivity contribution is -0.0780. The topological polar surface area (TPSA) is 30.5 Å². The zero-order valence-corrected chi connectivity index (χ0v) is 12.9. The van der Waals surface area contributed by atoms with Crippen LogP contribution < -0.4 is 10.1 Å². The van der Waals surface area contributed by atoms with Crippen LogP contribution in [0.3, 0.4) is 0 Å². The van der Waals surface area contributed by atoms with E-state index in [0.717, 1.165) is 38.2 Å². The predicted octanol–water partition coefficient (Wildman–Crippen LogP) is 3.31. The van der Waals surface area contributed by atoms with Gasteiger partial charge in [0.1, 0.15) is 12.4 Å². The summed E-state index contributed by atoms with van der Waals surface area (Å²) in [6.45, 7) is 8.95. The molecule has 1 aromatic carbocycles. The van der Waals surface area contributed by atoms with Crippen molar-refractivity contribution in [3.8, 4) is 5.75 Å². The smallest absolute Gasteiger partial charge is 0.119 e. The average molecular weight is 277 g/mol. The second-order valence-corrected chi connectivity index (χ2v) is 5.96. The minimum absolute atomic E-state index is 0.0489. The molecule has 1 aliphatic rings. The second-order valence-electron chi connectivity index (χ2n) is 5.96. The Labute approximate surface area is 122 Å². The van der Waals surface area contributed by atoms with E-state index in [4.69, 9.17) is 9.47 Å². The minimum Gasteiger partial charge on any atom is -0.492 e. The molecular formula is C17H27NO2. The van der Waals surface area contributed by atoms with Crippen molar-refractivity contribution in [3.63, 3.8) is 0 Å². The van der Waals surface area contributed by atoms with Gasteiger partial charge in [-0.15, -0.1) is 0 Å². The number of aryl methyl sites for hydroxylation is 1. The zero-order chi connectivity index (χ0) is 14.4. The highest BCUT2D eigenvalue weighted by Crippen LogP contribution is 2.27. The summed E-state index contributed by atoms with van der Waals surface area (Å²) in [7, 11) is 0. The lowest BCUT2D eigenvalue weighted by Gasteiger charge is -2.38. The molecule has 112 valence electrons. The fourth-order valence-corrected chi connectivity index (χ4v) is 2.69. The summed E-state index contributed by atoms with van der Waals surface area (Å²) in [4.78, 5) is 0. The number of benzene rings is 1. The molecule has 20 heavy (non-hydrogen) atoms. The fourth-order valence-electron chi connectivity index (χ4n) is 2.69. The van der Waals surface area contributed by atoms with E-state index >= 15 is 0 Å². The molecule has 0 aliphatic carbocycles. The first kappa shape index (κ1) is 15.3. The molecule has 2 rings (SSSR count). The minimum atomic E-state index is 0.0489. The van der Waals surface area contributed by atoms with Crippen LogP contribution in [0.25, 0.3) is 0 Å². The van der Waals surface area contributed by atoms with Gasteiger partial charge in [-0.25, -0.2) is 0 Å². The van der Waals surface area contributed by atoms with Crippen molar-refractivity contribution in [1.82, 2.24) is 5.32 Å². The molecule has 0 bridgehead atoms. The molecule has 2 unspecified atom stereocenters. The van der Waals surface area contributed by atoms with Gasteiger partial charge in [-0.3, -0.25) is 0 Å². The Morgan fingerprint density at radius 3 is 3.05 bits per heavy atom. The van der Waals surface area contributed by atoms with Gasteiger partial charge in [0.25, 0.3) is 0 Å². The SMILES string of the molecule is CCC1(C)CC(NCCOc2cccc(C)c2)CCO1. The molecule has 0 aromatic heterocycles. The van der Waals surface area contributed by atoms with Gasteiger partial charge >= 0.3 is 0 Å². The van der Waals surface area contributed by atoms with Gasteiger partial charge in [-0.2, -0.15) is 0 Å². The molecule has 0 saturated carbocycles. The van der Waals surface area contributed by atoms with Crippen molar-refractivity contribution in [1.29, 1.82) is 0 Å². The van der Waals surface area contributed by atoms with E-state index < -0.39 is 0 Å². The first-order valence-corrected chi connectivity index (χ1v) is 7.68. The van der Waals surface area contributed by atoms with Crippen LogP contribution in [0.1, 0.15) is 38.7 Å². The van der Waals surface area contributed by atoms with Crippen molar-refractivity contribution in [2.75, 3.05) is 19.8 Å². The summed E-state index contributed by atoms with van der Waals surface area (Å²) in [6.07, 6.45) is 3.26. The third-order valence-corrected chi connectivity index (χ3v) is 4.14. The van der Waals surface area contributed by atoms with E-state index in [1.54, 1.807) is 0 Å². The molecule has 3 heteroatoms. The maximum Gasteiger partial charge on any atom is 0.119 e. The first-order chi connectivity index (χ1) is 9.61. The van der Waals surface area contributed by atoms with Crippen LogP contribution >= 0.6 is 0 Å². The Bertz CT molecular complexity index is 421. The Balaban J connectivity index is 1.68. The molecular weight excluding hydrogens is 250 g/mol. The van der Waals surface area contributed by atoms with Crippen LogP contribution in [0.15, 0.2) is 24.3 Å². The van der Waals surface area contributed by atoms with Gasteiger partial charge in [0, 0.05) is 19.2 Å². The summed E-state index contributed by atoms with van der Waals surface area (Å²) in [5, 5.41) is 3.59. The highest BCUT2D eigenvalue weighted by atomic mass is 16.5. The van der Waals surface area contributed by atoms with Crippen LogP contribution in [-0.2, 0) is 4.74 Å². The number of ether oxygens (including phenoxy) is 2. The Morgan fingerprint density at radius 1 is 1.45 bits per heavy atom. The van der Waals surface area contributed by atoms with Gasteiger partial charge in [0.2, 0.25) is 0 Å². The van der Waals surface area contributed by atoms with Crippen molar-refractivity contribution in [2.24, 2.45) is 0 Å². The highest BCUT2D eigenvalue weighted by molar-refractivity contribution is 5.27. The molecule has 1 aliphatic heterocycles. The number of hydrogen-bond donors (Lipinski definition) is 1. The third kappa shape index (κ3) is 4.50. The van der Waals surface area contributed by atoms with E-state index in [9.17, 15) is 0 Å². The zero-order valence-electron chi connectivity index (χ0n) is 12.9. The molecule has 0 radical (unpaired) electrons. The van der Waals surface area contributed by atoms with E-state index in [1.165, 1.54) is 5.56 Å². The molecule has 0 amide bonds. The monoisotopic (exact) mass is 277 g/mol. The average Bonchev–Trinajstić information content (AvgIpc) is 2.44. The lowest BCUT2D eigenvalue weighted by Crippen LogP contribution is -2.45. The van der Waals surface area contributed by atoms with E-state index in [1.807, 2.05) is 12.1 Å². The first-order valence-electron chi connectivity index (χ1n) is 7.68. The van der Waals surface area contributed by atoms with Crippen LogP contribution in [0.2, 0.25) is 0 Å². The van der Waals surface area contributed by atoms with E-state index in [-0.39, 0.29) is 5.60 Å². The van der Waals surface area contributed by atoms with Crippen LogP contribution in [0, 0.1) is 6.92 Å². The molecule has 1 fully saturated rings. The summed E-state index contributed by atoms with van der Waals surface area (Å²) in [5.41, 5.74) is 1.28. The van der Waals surface area contributed by atoms with Crippen molar-refractivity contribution in [2.45, 2.75) is 51.7 Å². The number of nitrogens with one attached hydrogen (secondary N) is 1. The van der Waals surface area contributed by atoms with Crippen LogP contribution in [0.5, 0.6) is 5.75 Å². The summed E-state index contributed by atoms with van der Waals surface area (Å²) < 4.78 is 11.6. The van der Waals surface area contributed by atoms with E-state index in [0.29, 0.717) is 12.6 Å². The lowest BCUT2D eigenvalue weighted by atomic mass is 9.90.